The van der Waals surface area contributed by atoms with Crippen LogP contribution in [0, 0.1) is 13.8 Å². The van der Waals surface area contributed by atoms with E-state index in [-0.39, 0.29) is 41.0 Å². The summed E-state index contributed by atoms with van der Waals surface area (Å²) in [5, 5.41) is 5.10. The third-order valence-corrected chi connectivity index (χ3v) is 6.98. The highest BCUT2D eigenvalue weighted by atomic mass is 35.5. The molecule has 0 atom stereocenters. The van der Waals surface area contributed by atoms with E-state index in [9.17, 15) is 19.2 Å². The molecule has 0 radical (unpaired) electrons. The molecule has 1 aliphatic rings. The lowest BCUT2D eigenvalue weighted by atomic mass is 10.1. The van der Waals surface area contributed by atoms with Gasteiger partial charge in [-0.3, -0.25) is 19.7 Å². The van der Waals surface area contributed by atoms with Crippen LogP contribution in [0.5, 0.6) is 23.0 Å². The zero-order valence-corrected chi connectivity index (χ0v) is 27.1. The Labute approximate surface area is 272 Å². The Morgan fingerprint density at radius 1 is 0.891 bits per heavy atom. The fourth-order valence-electron chi connectivity index (χ4n) is 4.65. The second-order valence-corrected chi connectivity index (χ2v) is 10.7. The van der Waals surface area contributed by atoms with Gasteiger partial charge in [0.25, 0.3) is 17.7 Å². The molecule has 0 aliphatic carbocycles. The first kappa shape index (κ1) is 33.9. The zero-order chi connectivity index (χ0) is 33.4. The summed E-state index contributed by atoms with van der Waals surface area (Å²) < 4.78 is 22.9. The summed E-state index contributed by atoms with van der Waals surface area (Å²) in [6, 6.07) is 12.4. The van der Waals surface area contributed by atoms with Gasteiger partial charge >= 0.3 is 6.03 Å². The number of aryl methyl sites for hydroxylation is 2. The first-order valence-corrected chi connectivity index (χ1v) is 15.2. The van der Waals surface area contributed by atoms with Gasteiger partial charge in [-0.2, -0.15) is 0 Å². The molecule has 5 amide bonds. The van der Waals surface area contributed by atoms with Crippen LogP contribution in [-0.2, 0) is 14.4 Å². The quantitative estimate of drug-likeness (QED) is 0.165. The molecule has 0 saturated carbocycles. The lowest BCUT2D eigenvalue weighted by Crippen LogP contribution is -2.54. The minimum atomic E-state index is -0.910. The SMILES string of the molecule is CCCOc1ccc(N2C(=O)NC(=O)/C(=C\c3cc(Cl)c(OCC(=O)Nc4ccc(C)cc4C)c(OCC)c3)C2=O)cc1OCC. The summed E-state index contributed by atoms with van der Waals surface area (Å²) in [7, 11) is 0. The van der Waals surface area contributed by atoms with Crippen molar-refractivity contribution >= 4 is 52.8 Å². The first-order chi connectivity index (χ1) is 22.1. The summed E-state index contributed by atoms with van der Waals surface area (Å²) in [5.74, 6) is -1.00. The lowest BCUT2D eigenvalue weighted by Gasteiger charge is -2.27. The van der Waals surface area contributed by atoms with Crippen LogP contribution < -0.4 is 34.5 Å². The number of urea groups is 1. The van der Waals surface area contributed by atoms with Crippen LogP contribution in [0.1, 0.15) is 43.9 Å². The van der Waals surface area contributed by atoms with Gasteiger partial charge in [-0.05, 0) is 81.7 Å². The van der Waals surface area contributed by atoms with Crippen molar-refractivity contribution in [3.05, 3.63) is 75.8 Å². The number of imide groups is 2. The molecule has 242 valence electrons. The van der Waals surface area contributed by atoms with Gasteiger partial charge in [0.1, 0.15) is 5.57 Å². The second kappa shape index (κ2) is 15.3. The topological polar surface area (TPSA) is 132 Å². The normalized spacial score (nSPS) is 13.8. The van der Waals surface area contributed by atoms with Crippen LogP contribution >= 0.6 is 11.6 Å². The molecule has 11 nitrogen and oxygen atoms in total. The van der Waals surface area contributed by atoms with Crippen molar-refractivity contribution in [1.29, 1.82) is 0 Å². The Morgan fingerprint density at radius 3 is 2.33 bits per heavy atom. The molecule has 1 saturated heterocycles. The molecule has 4 rings (SSSR count). The molecule has 46 heavy (non-hydrogen) atoms. The molecular formula is C34H36ClN3O8. The molecule has 0 unspecified atom stereocenters. The highest BCUT2D eigenvalue weighted by Crippen LogP contribution is 2.38. The molecule has 3 aromatic rings. The molecular weight excluding hydrogens is 614 g/mol. The van der Waals surface area contributed by atoms with Crippen LogP contribution in [0.15, 0.2) is 54.1 Å². The van der Waals surface area contributed by atoms with Crippen LogP contribution in [-0.4, -0.2) is 50.2 Å². The van der Waals surface area contributed by atoms with Crippen molar-refractivity contribution < 1.29 is 38.1 Å². The predicted molar refractivity (Wildman–Crippen MR) is 175 cm³/mol. The van der Waals surface area contributed by atoms with Gasteiger partial charge in [0.2, 0.25) is 0 Å². The largest absolute Gasteiger partial charge is 0.490 e. The van der Waals surface area contributed by atoms with Gasteiger partial charge in [-0.25, -0.2) is 9.69 Å². The van der Waals surface area contributed by atoms with Crippen molar-refractivity contribution in [1.82, 2.24) is 5.32 Å². The molecule has 1 fully saturated rings. The van der Waals surface area contributed by atoms with Crippen molar-refractivity contribution in [2.45, 2.75) is 41.0 Å². The summed E-state index contributed by atoms with van der Waals surface area (Å²) in [4.78, 5) is 52.7. The van der Waals surface area contributed by atoms with Gasteiger partial charge in [0, 0.05) is 11.8 Å². The fourth-order valence-corrected chi connectivity index (χ4v) is 4.92. The predicted octanol–water partition coefficient (Wildman–Crippen LogP) is 6.23. The number of anilines is 2. The van der Waals surface area contributed by atoms with Crippen LogP contribution in [0.3, 0.4) is 0 Å². The van der Waals surface area contributed by atoms with Gasteiger partial charge in [-0.1, -0.05) is 36.2 Å². The third-order valence-electron chi connectivity index (χ3n) is 6.70. The number of rotatable bonds is 13. The molecule has 1 aliphatic heterocycles. The minimum absolute atomic E-state index is 0.0812. The van der Waals surface area contributed by atoms with Gasteiger partial charge in [-0.15, -0.1) is 0 Å². The molecule has 2 N–H and O–H groups in total. The first-order valence-electron chi connectivity index (χ1n) is 14.8. The highest BCUT2D eigenvalue weighted by Gasteiger charge is 2.37. The number of ether oxygens (including phenoxy) is 4. The fraction of sp³-hybridized carbons (Fsp3) is 0.294. The second-order valence-electron chi connectivity index (χ2n) is 10.3. The van der Waals surface area contributed by atoms with Gasteiger partial charge in [0.15, 0.2) is 29.6 Å². The van der Waals surface area contributed by atoms with Crippen molar-refractivity contribution in [2.24, 2.45) is 0 Å². The molecule has 0 bridgehead atoms. The van der Waals surface area contributed by atoms with E-state index < -0.39 is 23.8 Å². The number of hydrogen-bond acceptors (Lipinski definition) is 8. The number of amides is 5. The van der Waals surface area contributed by atoms with E-state index in [1.54, 1.807) is 19.9 Å². The maximum Gasteiger partial charge on any atom is 0.335 e. The maximum atomic E-state index is 13.6. The van der Waals surface area contributed by atoms with Crippen molar-refractivity contribution in [3.8, 4) is 23.0 Å². The number of benzene rings is 3. The number of barbiturate groups is 1. The van der Waals surface area contributed by atoms with E-state index >= 15 is 0 Å². The monoisotopic (exact) mass is 649 g/mol. The average Bonchev–Trinajstić information content (AvgIpc) is 3.00. The van der Waals surface area contributed by atoms with E-state index in [2.05, 4.69) is 10.6 Å². The number of halogens is 1. The molecule has 0 spiro atoms. The Kier molecular flexibility index (Phi) is 11.3. The number of nitrogens with one attached hydrogen (secondary N) is 2. The smallest absolute Gasteiger partial charge is 0.335 e. The van der Waals surface area contributed by atoms with E-state index in [0.717, 1.165) is 22.4 Å². The van der Waals surface area contributed by atoms with Crippen LogP contribution in [0.25, 0.3) is 6.08 Å². The number of carbonyl (C=O) groups excluding carboxylic acids is 4. The Balaban J connectivity index is 1.59. The van der Waals surface area contributed by atoms with Crippen molar-refractivity contribution in [2.75, 3.05) is 36.6 Å². The van der Waals surface area contributed by atoms with E-state index in [0.29, 0.717) is 36.0 Å². The summed E-state index contributed by atoms with van der Waals surface area (Å²) in [6.07, 6.45) is 2.08. The highest BCUT2D eigenvalue weighted by molar-refractivity contribution is 6.39. The average molecular weight is 650 g/mol. The van der Waals surface area contributed by atoms with Crippen LogP contribution in [0.2, 0.25) is 5.02 Å². The zero-order valence-electron chi connectivity index (χ0n) is 26.3. The molecule has 0 aromatic heterocycles. The summed E-state index contributed by atoms with van der Waals surface area (Å²) in [5.41, 5.74) is 2.84. The molecule has 12 heteroatoms. The standard InChI is InChI=1S/C34H36ClN3O8/c1-6-13-45-27-12-10-23(18-28(27)43-7-2)38-33(41)24(32(40)37-34(38)42)15-22-16-25(35)31(29(17-22)44-8-3)46-19-30(39)36-26-11-9-20(4)14-21(26)5/h9-12,14-18H,6-8,13,19H2,1-5H3,(H,36,39)(H,37,40,42)/b24-15+. The maximum absolute atomic E-state index is 13.6. The lowest BCUT2D eigenvalue weighted by molar-refractivity contribution is -0.122. The molecule has 1 heterocycles. The number of carbonyl (C=O) groups is 4. The van der Waals surface area contributed by atoms with E-state index in [1.165, 1.54) is 30.3 Å². The minimum Gasteiger partial charge on any atom is -0.490 e. The summed E-state index contributed by atoms with van der Waals surface area (Å²) in [6.45, 7) is 10.1. The van der Waals surface area contributed by atoms with Crippen molar-refractivity contribution in [3.63, 3.8) is 0 Å². The number of nitrogens with zero attached hydrogens (tertiary/aromatic N) is 1. The molecule has 3 aromatic carbocycles. The summed E-state index contributed by atoms with van der Waals surface area (Å²) >= 11 is 6.55. The van der Waals surface area contributed by atoms with E-state index in [4.69, 9.17) is 30.5 Å². The Hall–Kier alpha value is -5.03. The van der Waals surface area contributed by atoms with E-state index in [1.807, 2.05) is 39.0 Å². The van der Waals surface area contributed by atoms with Crippen LogP contribution in [0.4, 0.5) is 16.2 Å². The van der Waals surface area contributed by atoms with Gasteiger partial charge in [0.05, 0.1) is 30.5 Å². The Bertz CT molecular complexity index is 1690. The van der Waals surface area contributed by atoms with Gasteiger partial charge < -0.3 is 24.3 Å². The third kappa shape index (κ3) is 7.97. The number of hydrogen-bond donors (Lipinski definition) is 2. The Morgan fingerprint density at radius 2 is 1.63 bits per heavy atom.